The van der Waals surface area contributed by atoms with E-state index in [0.717, 1.165) is 0 Å². The fourth-order valence-electron chi connectivity index (χ4n) is 2.81. The van der Waals surface area contributed by atoms with Crippen LogP contribution in [0.15, 0.2) is 24.3 Å². The molecule has 6 nitrogen and oxygen atoms in total. The summed E-state index contributed by atoms with van der Waals surface area (Å²) < 4.78 is 10.4. The van der Waals surface area contributed by atoms with E-state index in [2.05, 4.69) is 0 Å². The Hall–Kier alpha value is -1.92. The van der Waals surface area contributed by atoms with E-state index in [-0.39, 0.29) is 24.3 Å². The van der Waals surface area contributed by atoms with E-state index < -0.39 is 0 Å². The first-order chi connectivity index (χ1) is 10.2. The van der Waals surface area contributed by atoms with Gasteiger partial charge in [-0.15, -0.1) is 0 Å². The smallest absolute Gasteiger partial charge is 0.251 e. The van der Waals surface area contributed by atoms with Crippen molar-refractivity contribution < 1.29 is 19.1 Å². The molecule has 2 aliphatic heterocycles. The van der Waals surface area contributed by atoms with Crippen LogP contribution in [0.1, 0.15) is 6.42 Å². The monoisotopic (exact) mass is 290 g/mol. The number of imide groups is 1. The van der Waals surface area contributed by atoms with Crippen LogP contribution >= 0.6 is 0 Å². The van der Waals surface area contributed by atoms with Crippen LogP contribution in [0.5, 0.6) is 5.75 Å². The van der Waals surface area contributed by atoms with Crippen LogP contribution < -0.4 is 9.64 Å². The molecule has 0 spiro atoms. The molecule has 2 heterocycles. The lowest BCUT2D eigenvalue weighted by molar-refractivity contribution is -0.123. The van der Waals surface area contributed by atoms with Gasteiger partial charge in [-0.3, -0.25) is 14.5 Å². The van der Waals surface area contributed by atoms with E-state index in [1.165, 1.54) is 4.90 Å². The van der Waals surface area contributed by atoms with Gasteiger partial charge in [-0.2, -0.15) is 0 Å². The number of hydrogen-bond acceptors (Lipinski definition) is 5. The van der Waals surface area contributed by atoms with Crippen molar-refractivity contribution in [2.75, 3.05) is 38.3 Å². The summed E-state index contributed by atoms with van der Waals surface area (Å²) in [6.07, 6.45) is 0.232. The Bertz CT molecular complexity index is 554. The number of ether oxygens (including phenoxy) is 2. The minimum Gasteiger partial charge on any atom is -0.497 e. The van der Waals surface area contributed by atoms with Gasteiger partial charge in [0.25, 0.3) is 5.91 Å². The van der Waals surface area contributed by atoms with Gasteiger partial charge >= 0.3 is 0 Å². The van der Waals surface area contributed by atoms with Crippen LogP contribution in [0.4, 0.5) is 5.69 Å². The first kappa shape index (κ1) is 14.0. The maximum absolute atomic E-state index is 12.6. The lowest BCUT2D eigenvalue weighted by Crippen LogP contribution is -2.47. The van der Waals surface area contributed by atoms with Crippen molar-refractivity contribution >= 4 is 17.5 Å². The highest BCUT2D eigenvalue weighted by atomic mass is 16.5. The minimum atomic E-state index is -0.368. The molecular formula is C15H18N2O4. The Labute approximate surface area is 123 Å². The Morgan fingerprint density at radius 1 is 1.24 bits per heavy atom. The van der Waals surface area contributed by atoms with Crippen LogP contribution in [0.2, 0.25) is 0 Å². The number of amides is 2. The number of hydrogen-bond donors (Lipinski definition) is 0. The highest BCUT2D eigenvalue weighted by molar-refractivity contribution is 6.22. The van der Waals surface area contributed by atoms with E-state index >= 15 is 0 Å². The van der Waals surface area contributed by atoms with Gasteiger partial charge in [-0.05, 0) is 12.1 Å². The van der Waals surface area contributed by atoms with Gasteiger partial charge in [0.2, 0.25) is 5.91 Å². The molecule has 0 radical (unpaired) electrons. The molecule has 0 N–H and O–H groups in total. The van der Waals surface area contributed by atoms with Gasteiger partial charge in [0.1, 0.15) is 5.75 Å². The Kier molecular flexibility index (Phi) is 3.90. The number of anilines is 1. The largest absolute Gasteiger partial charge is 0.497 e. The lowest BCUT2D eigenvalue weighted by Gasteiger charge is -2.30. The molecule has 2 saturated heterocycles. The Morgan fingerprint density at radius 2 is 2.00 bits per heavy atom. The van der Waals surface area contributed by atoms with Gasteiger partial charge in [0.15, 0.2) is 0 Å². The summed E-state index contributed by atoms with van der Waals surface area (Å²) >= 11 is 0. The molecule has 0 aromatic heterocycles. The van der Waals surface area contributed by atoms with Crippen molar-refractivity contribution in [2.45, 2.75) is 12.5 Å². The maximum Gasteiger partial charge on any atom is 0.251 e. The van der Waals surface area contributed by atoms with Crippen LogP contribution in [-0.4, -0.2) is 56.2 Å². The summed E-state index contributed by atoms with van der Waals surface area (Å²) in [5.74, 6) is 0.308. The first-order valence-corrected chi connectivity index (χ1v) is 7.03. The standard InChI is InChI=1S/C15H18N2O4/c1-20-12-4-2-3-11(9-12)17-14(18)10-13(15(17)19)16-5-7-21-8-6-16/h2-4,9,13H,5-8,10H2,1H3/t13-/m1/s1. The molecule has 3 rings (SSSR count). The van der Waals surface area contributed by atoms with Crippen LogP contribution in [0.3, 0.4) is 0 Å². The zero-order chi connectivity index (χ0) is 14.8. The highest BCUT2D eigenvalue weighted by Gasteiger charge is 2.43. The highest BCUT2D eigenvalue weighted by Crippen LogP contribution is 2.28. The molecule has 112 valence electrons. The predicted octanol–water partition coefficient (Wildman–Crippen LogP) is 0.659. The van der Waals surface area contributed by atoms with Crippen molar-refractivity contribution in [3.05, 3.63) is 24.3 Å². The van der Waals surface area contributed by atoms with E-state index in [1.54, 1.807) is 31.4 Å². The van der Waals surface area contributed by atoms with E-state index in [0.29, 0.717) is 37.7 Å². The van der Waals surface area contributed by atoms with Gasteiger partial charge in [-0.1, -0.05) is 6.07 Å². The van der Waals surface area contributed by atoms with Crippen LogP contribution in [0.25, 0.3) is 0 Å². The van der Waals surface area contributed by atoms with Crippen molar-refractivity contribution in [1.29, 1.82) is 0 Å². The van der Waals surface area contributed by atoms with Crippen LogP contribution in [0, 0.1) is 0 Å². The molecule has 1 atom stereocenters. The second kappa shape index (κ2) is 5.83. The summed E-state index contributed by atoms with van der Waals surface area (Å²) in [5, 5.41) is 0. The molecule has 0 unspecified atom stereocenters. The summed E-state index contributed by atoms with van der Waals surface area (Å²) in [7, 11) is 1.56. The molecule has 2 fully saturated rings. The topological polar surface area (TPSA) is 59.1 Å². The number of rotatable bonds is 3. The predicted molar refractivity (Wildman–Crippen MR) is 76.3 cm³/mol. The average Bonchev–Trinajstić information content (AvgIpc) is 2.83. The number of nitrogens with zero attached hydrogens (tertiary/aromatic N) is 2. The quantitative estimate of drug-likeness (QED) is 0.765. The van der Waals surface area contributed by atoms with Gasteiger partial charge in [0, 0.05) is 19.2 Å². The Balaban J connectivity index is 1.82. The molecule has 21 heavy (non-hydrogen) atoms. The van der Waals surface area contributed by atoms with Crippen molar-refractivity contribution in [3.8, 4) is 5.75 Å². The molecule has 6 heteroatoms. The molecule has 1 aromatic rings. The van der Waals surface area contributed by atoms with E-state index in [9.17, 15) is 9.59 Å². The second-order valence-electron chi connectivity index (χ2n) is 5.14. The summed E-state index contributed by atoms with van der Waals surface area (Å²) in [6.45, 7) is 2.60. The van der Waals surface area contributed by atoms with Crippen molar-refractivity contribution in [2.24, 2.45) is 0 Å². The average molecular weight is 290 g/mol. The number of carbonyl (C=O) groups excluding carboxylic acids is 2. The second-order valence-corrected chi connectivity index (χ2v) is 5.14. The molecule has 0 saturated carbocycles. The lowest BCUT2D eigenvalue weighted by atomic mass is 10.2. The molecule has 0 bridgehead atoms. The fourth-order valence-corrected chi connectivity index (χ4v) is 2.81. The van der Waals surface area contributed by atoms with Crippen molar-refractivity contribution in [3.63, 3.8) is 0 Å². The minimum absolute atomic E-state index is 0.157. The molecule has 2 aliphatic rings. The number of carbonyl (C=O) groups is 2. The molecular weight excluding hydrogens is 272 g/mol. The zero-order valence-corrected chi connectivity index (χ0v) is 11.9. The summed E-state index contributed by atoms with van der Waals surface area (Å²) in [6, 6.07) is 6.65. The normalized spacial score (nSPS) is 23.7. The Morgan fingerprint density at radius 3 is 2.71 bits per heavy atom. The first-order valence-electron chi connectivity index (χ1n) is 7.03. The molecule has 1 aromatic carbocycles. The van der Waals surface area contributed by atoms with E-state index in [1.807, 2.05) is 4.90 Å². The molecule has 0 aliphatic carbocycles. The summed E-state index contributed by atoms with van der Waals surface area (Å²) in [5.41, 5.74) is 0.570. The van der Waals surface area contributed by atoms with E-state index in [4.69, 9.17) is 9.47 Å². The SMILES string of the molecule is COc1cccc(N2C(=O)C[C@@H](N3CCOCC3)C2=O)c1. The van der Waals surface area contributed by atoms with Crippen molar-refractivity contribution in [1.82, 2.24) is 4.90 Å². The van der Waals surface area contributed by atoms with Gasteiger partial charge < -0.3 is 9.47 Å². The molecule has 2 amide bonds. The fraction of sp³-hybridized carbons (Fsp3) is 0.467. The zero-order valence-electron chi connectivity index (χ0n) is 11.9. The van der Waals surface area contributed by atoms with Gasteiger partial charge in [0.05, 0.1) is 38.5 Å². The number of morpholine rings is 1. The summed E-state index contributed by atoms with van der Waals surface area (Å²) in [4.78, 5) is 28.1. The number of methoxy groups -OCH3 is 1. The van der Waals surface area contributed by atoms with Gasteiger partial charge in [-0.25, -0.2) is 4.90 Å². The number of benzene rings is 1. The maximum atomic E-state index is 12.6. The third-order valence-corrected chi connectivity index (χ3v) is 3.92. The van der Waals surface area contributed by atoms with Crippen LogP contribution in [-0.2, 0) is 14.3 Å². The third kappa shape index (κ3) is 2.64. The third-order valence-electron chi connectivity index (χ3n) is 3.92.